The van der Waals surface area contributed by atoms with Gasteiger partial charge in [-0.2, -0.15) is 0 Å². The molecule has 134 valence electrons. The molecule has 0 radical (unpaired) electrons. The minimum absolute atomic E-state index is 0.0443. The summed E-state index contributed by atoms with van der Waals surface area (Å²) in [7, 11) is 0. The largest absolute Gasteiger partial charge is 0.481 e. The van der Waals surface area contributed by atoms with Crippen LogP contribution in [0.1, 0.15) is 36.8 Å². The number of aliphatic carboxylic acids is 1. The van der Waals surface area contributed by atoms with E-state index < -0.39 is 5.97 Å². The van der Waals surface area contributed by atoms with Gasteiger partial charge in [-0.3, -0.25) is 9.59 Å². The minimum atomic E-state index is -0.886. The van der Waals surface area contributed by atoms with Crippen LogP contribution in [0.2, 0.25) is 0 Å². The van der Waals surface area contributed by atoms with Crippen molar-refractivity contribution in [3.05, 3.63) is 35.4 Å². The van der Waals surface area contributed by atoms with Gasteiger partial charge in [-0.25, -0.2) is 4.79 Å². The van der Waals surface area contributed by atoms with Gasteiger partial charge in [0.25, 0.3) is 0 Å². The Morgan fingerprint density at radius 2 is 1.92 bits per heavy atom. The molecule has 1 heterocycles. The lowest BCUT2D eigenvalue weighted by Gasteiger charge is -2.24. The van der Waals surface area contributed by atoms with E-state index in [0.717, 1.165) is 24.8 Å². The maximum absolute atomic E-state index is 12.4. The number of likely N-dealkylation sites (tertiary alicyclic amines) is 1. The lowest BCUT2D eigenvalue weighted by atomic mass is 10.1. The molecule has 3 amide bonds. The monoisotopic (exact) mass is 345 g/mol. The van der Waals surface area contributed by atoms with Gasteiger partial charge in [-0.05, 0) is 36.8 Å². The lowest BCUT2D eigenvalue weighted by molar-refractivity contribution is -0.136. The van der Waals surface area contributed by atoms with E-state index in [1.807, 2.05) is 6.07 Å². The topological polar surface area (TPSA) is 98.7 Å². The molecule has 2 aliphatic rings. The van der Waals surface area contributed by atoms with Crippen LogP contribution in [0.25, 0.3) is 0 Å². The van der Waals surface area contributed by atoms with Crippen molar-refractivity contribution in [2.75, 3.05) is 6.54 Å². The molecule has 1 atom stereocenters. The highest BCUT2D eigenvalue weighted by atomic mass is 16.4. The molecule has 1 aliphatic carbocycles. The molecule has 1 saturated heterocycles. The predicted molar refractivity (Wildman–Crippen MR) is 90.9 cm³/mol. The number of carboxylic acid groups (broad SMARTS) is 1. The standard InChI is InChI=1S/C18H23N3O4/c22-16(23)10-12-3-1-4-13(9-12)11-19-18(25)21-8-2-5-15(21)17(24)20-14-6-7-14/h1,3-4,9,14-15H,2,5-8,10-11H2,(H,19,25)(H,20,24)(H,22,23). The van der Waals surface area contributed by atoms with Crippen molar-refractivity contribution in [2.24, 2.45) is 0 Å². The van der Waals surface area contributed by atoms with E-state index in [9.17, 15) is 14.4 Å². The highest BCUT2D eigenvalue weighted by molar-refractivity contribution is 5.88. The van der Waals surface area contributed by atoms with Crippen molar-refractivity contribution in [3.8, 4) is 0 Å². The van der Waals surface area contributed by atoms with Gasteiger partial charge in [0, 0.05) is 19.1 Å². The Labute approximate surface area is 146 Å². The molecule has 2 fully saturated rings. The van der Waals surface area contributed by atoms with Crippen molar-refractivity contribution in [1.82, 2.24) is 15.5 Å². The molecule has 7 nitrogen and oxygen atoms in total. The predicted octanol–water partition coefficient (Wildman–Crippen LogP) is 1.27. The van der Waals surface area contributed by atoms with Crippen LogP contribution >= 0.6 is 0 Å². The molecular weight excluding hydrogens is 322 g/mol. The van der Waals surface area contributed by atoms with Gasteiger partial charge in [-0.1, -0.05) is 24.3 Å². The fourth-order valence-corrected chi connectivity index (χ4v) is 3.11. The van der Waals surface area contributed by atoms with Crippen LogP contribution < -0.4 is 10.6 Å². The van der Waals surface area contributed by atoms with Gasteiger partial charge < -0.3 is 20.6 Å². The average molecular weight is 345 g/mol. The van der Waals surface area contributed by atoms with Gasteiger partial charge in [0.05, 0.1) is 6.42 Å². The smallest absolute Gasteiger partial charge is 0.318 e. The normalized spacial score (nSPS) is 19.5. The zero-order chi connectivity index (χ0) is 17.8. The van der Waals surface area contributed by atoms with Crippen molar-refractivity contribution in [3.63, 3.8) is 0 Å². The first kappa shape index (κ1) is 17.3. The van der Waals surface area contributed by atoms with E-state index in [2.05, 4.69) is 10.6 Å². The third kappa shape index (κ3) is 4.71. The van der Waals surface area contributed by atoms with Crippen molar-refractivity contribution >= 4 is 17.9 Å². The molecule has 25 heavy (non-hydrogen) atoms. The number of carbonyl (C=O) groups excluding carboxylic acids is 2. The molecule has 0 bridgehead atoms. The minimum Gasteiger partial charge on any atom is -0.481 e. The van der Waals surface area contributed by atoms with Crippen LogP contribution in [-0.2, 0) is 22.6 Å². The summed E-state index contributed by atoms with van der Waals surface area (Å²) in [5.74, 6) is -0.943. The number of nitrogens with one attached hydrogen (secondary N) is 2. The van der Waals surface area contributed by atoms with Gasteiger partial charge in [0.2, 0.25) is 5.91 Å². The van der Waals surface area contributed by atoms with Crippen LogP contribution in [0.3, 0.4) is 0 Å². The van der Waals surface area contributed by atoms with Crippen LogP contribution in [0.4, 0.5) is 4.79 Å². The quantitative estimate of drug-likeness (QED) is 0.723. The maximum atomic E-state index is 12.4. The Morgan fingerprint density at radius 1 is 1.16 bits per heavy atom. The number of rotatable bonds is 6. The summed E-state index contributed by atoms with van der Waals surface area (Å²) in [4.78, 5) is 37.1. The van der Waals surface area contributed by atoms with E-state index in [1.54, 1.807) is 23.1 Å². The molecule has 0 aromatic heterocycles. The zero-order valence-electron chi connectivity index (χ0n) is 14.0. The molecule has 1 aromatic carbocycles. The van der Waals surface area contributed by atoms with Crippen molar-refractivity contribution < 1.29 is 19.5 Å². The highest BCUT2D eigenvalue weighted by Crippen LogP contribution is 2.22. The number of nitrogens with zero attached hydrogens (tertiary/aromatic N) is 1. The first-order valence-electron chi connectivity index (χ1n) is 8.67. The average Bonchev–Trinajstić information content (AvgIpc) is 3.24. The second-order valence-electron chi connectivity index (χ2n) is 6.68. The van der Waals surface area contributed by atoms with Crippen LogP contribution in [-0.4, -0.2) is 46.5 Å². The van der Waals surface area contributed by atoms with Gasteiger partial charge in [0.1, 0.15) is 6.04 Å². The van der Waals surface area contributed by atoms with Gasteiger partial charge in [-0.15, -0.1) is 0 Å². The summed E-state index contributed by atoms with van der Waals surface area (Å²) in [6, 6.07) is 6.79. The third-order valence-electron chi connectivity index (χ3n) is 4.53. The first-order chi connectivity index (χ1) is 12.0. The Morgan fingerprint density at radius 3 is 2.64 bits per heavy atom. The van der Waals surface area contributed by atoms with E-state index in [-0.39, 0.29) is 30.4 Å². The number of urea groups is 1. The Kier molecular flexibility index (Phi) is 5.21. The summed E-state index contributed by atoms with van der Waals surface area (Å²) >= 11 is 0. The molecule has 1 unspecified atom stereocenters. The molecule has 1 saturated carbocycles. The summed E-state index contributed by atoms with van der Waals surface area (Å²) in [6.45, 7) is 0.882. The lowest BCUT2D eigenvalue weighted by Crippen LogP contribution is -2.49. The van der Waals surface area contributed by atoms with Crippen molar-refractivity contribution in [2.45, 2.75) is 50.7 Å². The Bertz CT molecular complexity index is 672. The maximum Gasteiger partial charge on any atom is 0.318 e. The van der Waals surface area contributed by atoms with E-state index >= 15 is 0 Å². The number of hydrogen-bond donors (Lipinski definition) is 3. The summed E-state index contributed by atoms with van der Waals surface area (Å²) < 4.78 is 0. The fraction of sp³-hybridized carbons (Fsp3) is 0.500. The molecular formula is C18H23N3O4. The van der Waals surface area contributed by atoms with E-state index in [4.69, 9.17) is 5.11 Å². The van der Waals surface area contributed by atoms with E-state index in [0.29, 0.717) is 25.1 Å². The zero-order valence-corrected chi connectivity index (χ0v) is 14.0. The number of hydrogen-bond acceptors (Lipinski definition) is 3. The molecule has 7 heteroatoms. The molecule has 3 rings (SSSR count). The molecule has 3 N–H and O–H groups in total. The SMILES string of the molecule is O=C(O)Cc1cccc(CNC(=O)N2CCCC2C(=O)NC2CC2)c1. The second kappa shape index (κ2) is 7.55. The first-order valence-corrected chi connectivity index (χ1v) is 8.67. The Hall–Kier alpha value is -2.57. The second-order valence-corrected chi connectivity index (χ2v) is 6.68. The highest BCUT2D eigenvalue weighted by Gasteiger charge is 2.36. The summed E-state index contributed by atoms with van der Waals surface area (Å²) in [5.41, 5.74) is 1.53. The number of carboxylic acids is 1. The fourth-order valence-electron chi connectivity index (χ4n) is 3.11. The van der Waals surface area contributed by atoms with E-state index in [1.165, 1.54) is 0 Å². The van der Waals surface area contributed by atoms with Gasteiger partial charge >= 0.3 is 12.0 Å². The van der Waals surface area contributed by atoms with Crippen LogP contribution in [0.5, 0.6) is 0 Å². The molecule has 1 aliphatic heterocycles. The number of amides is 3. The molecule has 0 spiro atoms. The van der Waals surface area contributed by atoms with Gasteiger partial charge in [0.15, 0.2) is 0 Å². The summed E-state index contributed by atoms with van der Waals surface area (Å²) in [5, 5.41) is 14.7. The van der Waals surface area contributed by atoms with Crippen molar-refractivity contribution in [1.29, 1.82) is 0 Å². The number of benzene rings is 1. The summed E-state index contributed by atoms with van der Waals surface area (Å²) in [6.07, 6.45) is 3.52. The van der Waals surface area contributed by atoms with Crippen LogP contribution in [0, 0.1) is 0 Å². The molecule has 1 aromatic rings. The Balaban J connectivity index is 1.54. The third-order valence-corrected chi connectivity index (χ3v) is 4.53. The number of carbonyl (C=O) groups is 3. The van der Waals surface area contributed by atoms with Crippen LogP contribution in [0.15, 0.2) is 24.3 Å².